The second kappa shape index (κ2) is 12.9. The van der Waals surface area contributed by atoms with Crippen LogP contribution in [0, 0.1) is 0 Å². The van der Waals surface area contributed by atoms with Crippen molar-refractivity contribution in [1.29, 1.82) is 0 Å². The van der Waals surface area contributed by atoms with Crippen molar-refractivity contribution >= 4 is 102 Å². The molecule has 0 bridgehead atoms. The number of aliphatic carboxylic acids is 2. The Kier molecular flexibility index (Phi) is 20.9. The number of halogens is 4. The number of carboxylic acid groups (broad SMARTS) is 2. The number of carboxylic acids is 2. The van der Waals surface area contributed by atoms with Gasteiger partial charge in [0.15, 0.2) is 0 Å². The van der Waals surface area contributed by atoms with Crippen molar-refractivity contribution < 1.29 is 47.5 Å². The second-order valence-electron chi connectivity index (χ2n) is 1.24. The molecule has 0 atom stereocenters. The van der Waals surface area contributed by atoms with Crippen molar-refractivity contribution in [3.05, 3.63) is 0 Å². The zero-order valence-corrected chi connectivity index (χ0v) is 20.1. The fraction of sp³-hybridized carbons (Fsp3) is 0.500. The van der Waals surface area contributed by atoms with Crippen LogP contribution in [0.1, 0.15) is 0 Å². The predicted molar refractivity (Wildman–Crippen MR) is 73.7 cm³/mol. The maximum Gasteiger partial charge on any atom is 2.00 e. The maximum atomic E-state index is 9.57. The summed E-state index contributed by atoms with van der Waals surface area (Å²) in [6.45, 7) is 0. The number of rotatable bonds is 2. The summed E-state index contributed by atoms with van der Waals surface area (Å²) in [6.07, 6.45) is 0. The first kappa shape index (κ1) is 21.1. The van der Waals surface area contributed by atoms with Gasteiger partial charge in [-0.1, -0.05) is 90.4 Å². The molecule has 0 unspecified atom stereocenters. The van der Waals surface area contributed by atoms with E-state index in [-0.39, 0.29) is 27.7 Å². The van der Waals surface area contributed by atoms with Crippen LogP contribution in [0.15, 0.2) is 0 Å². The Balaban J connectivity index is -0.000000143. The van der Waals surface area contributed by atoms with Gasteiger partial charge in [0.25, 0.3) is 0 Å². The van der Waals surface area contributed by atoms with Crippen LogP contribution in [0.5, 0.6) is 0 Å². The number of alkyl halides is 4. The Hall–Kier alpha value is 2.80. The van der Waals surface area contributed by atoms with Gasteiger partial charge in [-0.2, -0.15) is 0 Å². The monoisotopic (exact) mass is 824 g/mol. The first-order chi connectivity index (χ1) is 5.29. The van der Waals surface area contributed by atoms with Gasteiger partial charge in [0.2, 0.25) is 0 Å². The molecule has 0 saturated carbocycles. The van der Waals surface area contributed by atoms with Crippen molar-refractivity contribution in [2.45, 2.75) is 3.86 Å². The van der Waals surface area contributed by atoms with E-state index in [1.54, 1.807) is 90.4 Å². The molecular formula is C4H2HgI4O4. The molecule has 0 rings (SSSR count). The van der Waals surface area contributed by atoms with E-state index < -0.39 is 15.8 Å². The minimum Gasteiger partial charge on any atom is -0.548 e. The summed E-state index contributed by atoms with van der Waals surface area (Å²) in [6, 6.07) is 0. The zero-order valence-electron chi connectivity index (χ0n) is 6.01. The number of hydrogen-bond donors (Lipinski definition) is 0. The molecule has 0 fully saturated rings. The molecule has 0 radical (unpaired) electrons. The van der Waals surface area contributed by atoms with Gasteiger partial charge in [-0.15, -0.1) is 0 Å². The molecule has 0 spiro atoms. The number of carbonyl (C=O) groups is 2. The average molecular weight is 822 g/mol. The molecule has 0 heterocycles. The predicted octanol–water partition coefficient (Wildman–Crippen LogP) is -0.138. The van der Waals surface area contributed by atoms with E-state index in [2.05, 4.69) is 0 Å². The number of hydrogen-bond acceptors (Lipinski definition) is 4. The molecule has 0 aliphatic heterocycles. The molecule has 0 amide bonds. The third-order valence-corrected chi connectivity index (χ3v) is 2.39. The van der Waals surface area contributed by atoms with Gasteiger partial charge < -0.3 is 19.8 Å². The summed E-state index contributed by atoms with van der Waals surface area (Å²) in [4.78, 5) is 19.1. The van der Waals surface area contributed by atoms with Crippen LogP contribution in [0.3, 0.4) is 0 Å². The first-order valence-electron chi connectivity index (χ1n) is 2.27. The summed E-state index contributed by atoms with van der Waals surface area (Å²) in [5.41, 5.74) is 0. The Morgan fingerprint density at radius 1 is 0.846 bits per heavy atom. The van der Waals surface area contributed by atoms with Crippen molar-refractivity contribution in [3.8, 4) is 0 Å². The van der Waals surface area contributed by atoms with E-state index in [0.717, 1.165) is 0 Å². The minimum atomic E-state index is -1.02. The fourth-order valence-corrected chi connectivity index (χ4v) is 0. The van der Waals surface area contributed by atoms with Crippen molar-refractivity contribution in [1.82, 2.24) is 0 Å². The molecule has 0 aliphatic rings. The molecule has 4 nitrogen and oxygen atoms in total. The van der Waals surface area contributed by atoms with Gasteiger partial charge in [0.1, 0.15) is 3.86 Å². The van der Waals surface area contributed by atoms with Gasteiger partial charge in [-0.3, -0.25) is 0 Å². The molecule has 13 heavy (non-hydrogen) atoms. The topological polar surface area (TPSA) is 80.3 Å². The van der Waals surface area contributed by atoms with Crippen LogP contribution in [-0.2, 0) is 37.3 Å². The zero-order chi connectivity index (χ0) is 10.3. The van der Waals surface area contributed by atoms with E-state index in [9.17, 15) is 19.8 Å². The Morgan fingerprint density at radius 3 is 0.923 bits per heavy atom. The first-order valence-corrected chi connectivity index (χ1v) is 7.25. The molecular weight excluding hydrogens is 820 g/mol. The van der Waals surface area contributed by atoms with Crippen LogP contribution in [0.4, 0.5) is 0 Å². The van der Waals surface area contributed by atoms with Crippen molar-refractivity contribution in [3.63, 3.8) is 0 Å². The molecule has 9 heteroatoms. The van der Waals surface area contributed by atoms with E-state index in [4.69, 9.17) is 0 Å². The largest absolute Gasteiger partial charge is 2.00 e. The van der Waals surface area contributed by atoms with Gasteiger partial charge >= 0.3 is 27.7 Å². The smallest absolute Gasteiger partial charge is 0.548 e. The van der Waals surface area contributed by atoms with Gasteiger partial charge in [0, 0.05) is 0 Å². The van der Waals surface area contributed by atoms with Crippen LogP contribution in [0.25, 0.3) is 0 Å². The van der Waals surface area contributed by atoms with Crippen molar-refractivity contribution in [2.24, 2.45) is 0 Å². The second-order valence-corrected chi connectivity index (χ2v) is 11.0. The van der Waals surface area contributed by atoms with Crippen LogP contribution in [-0.4, -0.2) is 15.8 Å². The summed E-state index contributed by atoms with van der Waals surface area (Å²) in [5, 5.41) is 19.1. The third kappa shape index (κ3) is 20.8. The maximum absolute atomic E-state index is 9.57. The minimum absolute atomic E-state index is 0. The summed E-state index contributed by atoms with van der Waals surface area (Å²) in [7, 11) is 0. The molecule has 0 aromatic rings. The Bertz CT molecular complexity index is 144. The van der Waals surface area contributed by atoms with Gasteiger partial charge in [-0.05, 0) is 0 Å². The Labute approximate surface area is 150 Å². The molecule has 0 aromatic heterocycles. The normalized spacial score (nSPS) is 8.46. The summed E-state index contributed by atoms with van der Waals surface area (Å²) < 4.78 is -0.805. The summed E-state index contributed by atoms with van der Waals surface area (Å²) >= 11 is 7.03. The van der Waals surface area contributed by atoms with E-state index in [1.165, 1.54) is 0 Å². The summed E-state index contributed by atoms with van der Waals surface area (Å²) in [5.74, 6) is -2.03. The van der Waals surface area contributed by atoms with Gasteiger partial charge in [0.05, 0.1) is 11.9 Å². The quantitative estimate of drug-likeness (QED) is 0.221. The molecule has 0 N–H and O–H groups in total. The van der Waals surface area contributed by atoms with Gasteiger partial charge in [-0.25, -0.2) is 0 Å². The van der Waals surface area contributed by atoms with Crippen LogP contribution in [0.2, 0.25) is 0 Å². The molecule has 0 saturated heterocycles. The standard InChI is InChI=1S/2C2H2I2O2.Hg/c2*3-1(4)2(5)6;/h2*1H,(H,5,6);/q;;+2/p-2. The fourth-order valence-electron chi connectivity index (χ4n) is 0. The SMILES string of the molecule is O=C([O-])C(I)I.O=C([O-])C(I)I.[Hg+2]. The number of carbonyl (C=O) groups excluding carboxylic acids is 2. The third-order valence-electron chi connectivity index (χ3n) is 0.356. The Morgan fingerprint density at radius 2 is 0.923 bits per heavy atom. The van der Waals surface area contributed by atoms with E-state index in [1.807, 2.05) is 0 Å². The molecule has 72 valence electrons. The van der Waals surface area contributed by atoms with Crippen LogP contribution >= 0.6 is 90.4 Å². The van der Waals surface area contributed by atoms with Crippen LogP contribution < -0.4 is 10.2 Å². The molecule has 0 aromatic carbocycles. The van der Waals surface area contributed by atoms with E-state index >= 15 is 0 Å². The average Bonchev–Trinajstić information content (AvgIpc) is 1.88. The van der Waals surface area contributed by atoms with E-state index in [0.29, 0.717) is 0 Å². The molecule has 0 aliphatic carbocycles. The van der Waals surface area contributed by atoms with Crippen molar-refractivity contribution in [2.75, 3.05) is 0 Å².